The lowest BCUT2D eigenvalue weighted by Gasteiger charge is -2.34. The van der Waals surface area contributed by atoms with Gasteiger partial charge in [0.2, 0.25) is 0 Å². The second-order valence-corrected chi connectivity index (χ2v) is 7.81. The van der Waals surface area contributed by atoms with Crippen molar-refractivity contribution >= 4 is 39.0 Å². The molecule has 1 fully saturated rings. The van der Waals surface area contributed by atoms with Crippen molar-refractivity contribution in [3.8, 4) is 11.4 Å². The fourth-order valence-electron chi connectivity index (χ4n) is 4.03. The second-order valence-electron chi connectivity index (χ2n) is 7.81. The molecule has 0 bridgehead atoms. The summed E-state index contributed by atoms with van der Waals surface area (Å²) in [5, 5.41) is 11.5. The van der Waals surface area contributed by atoms with Crippen molar-refractivity contribution in [1.29, 1.82) is 0 Å². The zero-order chi connectivity index (χ0) is 21.7. The Morgan fingerprint density at radius 1 is 1.06 bits per heavy atom. The molecule has 0 aliphatic carbocycles. The molecule has 3 heterocycles. The smallest absolute Gasteiger partial charge is 0.270 e. The van der Waals surface area contributed by atoms with E-state index in [0.29, 0.717) is 22.2 Å². The van der Waals surface area contributed by atoms with Crippen LogP contribution < -0.4 is 16.2 Å². The molecule has 1 saturated heterocycles. The fraction of sp³-hybridized carbons (Fsp3) is 0.238. The first-order valence-corrected chi connectivity index (χ1v) is 9.94. The van der Waals surface area contributed by atoms with Crippen molar-refractivity contribution in [2.24, 2.45) is 0 Å². The highest BCUT2D eigenvalue weighted by atomic mass is 16.6. The lowest BCUT2D eigenvalue weighted by atomic mass is 10.1. The number of imidazole rings is 1. The molecule has 0 atom stereocenters. The van der Waals surface area contributed by atoms with Crippen LogP contribution in [0.15, 0.2) is 41.2 Å². The van der Waals surface area contributed by atoms with Crippen LogP contribution in [0.5, 0.6) is 0 Å². The minimum atomic E-state index is -0.495. The number of aromatic nitrogens is 3. The Balaban J connectivity index is 1.60. The van der Waals surface area contributed by atoms with Gasteiger partial charge >= 0.3 is 0 Å². The van der Waals surface area contributed by atoms with Crippen LogP contribution in [0.2, 0.25) is 0 Å². The van der Waals surface area contributed by atoms with E-state index >= 15 is 0 Å². The van der Waals surface area contributed by atoms with Gasteiger partial charge in [-0.15, -0.1) is 0 Å². The van der Waals surface area contributed by atoms with Gasteiger partial charge in [0.1, 0.15) is 11.4 Å². The normalized spacial score (nSPS) is 15.1. The van der Waals surface area contributed by atoms with Gasteiger partial charge in [-0.1, -0.05) is 0 Å². The molecule has 2 aromatic carbocycles. The molecule has 0 unspecified atom stereocenters. The Morgan fingerprint density at radius 3 is 2.58 bits per heavy atom. The molecule has 0 spiro atoms. The lowest BCUT2D eigenvalue weighted by molar-refractivity contribution is -0.384. The van der Waals surface area contributed by atoms with Crippen LogP contribution in [0, 0.1) is 10.1 Å². The summed E-state index contributed by atoms with van der Waals surface area (Å²) in [6.45, 7) is 3.89. The number of nitrogen functional groups attached to an aromatic ring is 1. The van der Waals surface area contributed by atoms with Crippen molar-refractivity contribution in [2.45, 2.75) is 0 Å². The van der Waals surface area contributed by atoms with Crippen LogP contribution in [0.25, 0.3) is 33.3 Å². The van der Waals surface area contributed by atoms with Crippen LogP contribution in [0.4, 0.5) is 17.1 Å². The summed E-state index contributed by atoms with van der Waals surface area (Å²) in [5.74, 6) is 0.331. The third-order valence-electron chi connectivity index (χ3n) is 5.82. The van der Waals surface area contributed by atoms with E-state index in [4.69, 9.17) is 5.73 Å². The topological polar surface area (TPSA) is 137 Å². The Kier molecular flexibility index (Phi) is 4.36. The molecule has 31 heavy (non-hydrogen) atoms. The van der Waals surface area contributed by atoms with Gasteiger partial charge in [-0.05, 0) is 31.3 Å². The summed E-state index contributed by atoms with van der Waals surface area (Å²) in [4.78, 5) is 38.5. The SMILES string of the molecule is CN1CCN(c2ccc3nc(-c4c(N)c5cc([N+](=O)[O-])ccc5[nH]c4=O)[nH]c3c2)CC1. The molecule has 158 valence electrons. The predicted octanol–water partition coefficient (Wildman–Crippen LogP) is 2.31. The third kappa shape index (κ3) is 3.26. The van der Waals surface area contributed by atoms with Crippen LogP contribution in [0.1, 0.15) is 0 Å². The molecule has 2 aromatic heterocycles. The van der Waals surface area contributed by atoms with E-state index in [0.717, 1.165) is 37.4 Å². The summed E-state index contributed by atoms with van der Waals surface area (Å²) < 4.78 is 0. The fourth-order valence-corrected chi connectivity index (χ4v) is 4.03. The van der Waals surface area contributed by atoms with Gasteiger partial charge in [0.25, 0.3) is 11.2 Å². The monoisotopic (exact) mass is 419 g/mol. The number of nitro benzene ring substituents is 1. The number of fused-ring (bicyclic) bond motifs is 2. The number of hydrogen-bond donors (Lipinski definition) is 3. The summed E-state index contributed by atoms with van der Waals surface area (Å²) >= 11 is 0. The first kappa shape index (κ1) is 19.1. The Morgan fingerprint density at radius 2 is 1.84 bits per heavy atom. The Hall–Kier alpha value is -3.92. The van der Waals surface area contributed by atoms with E-state index in [9.17, 15) is 14.9 Å². The number of nitro groups is 1. The van der Waals surface area contributed by atoms with Gasteiger partial charge in [-0.2, -0.15) is 0 Å². The Bertz CT molecular complexity index is 1380. The molecule has 10 nitrogen and oxygen atoms in total. The molecular weight excluding hydrogens is 398 g/mol. The number of nitrogens with zero attached hydrogens (tertiary/aromatic N) is 4. The number of piperazine rings is 1. The predicted molar refractivity (Wildman–Crippen MR) is 120 cm³/mol. The number of aromatic amines is 2. The van der Waals surface area contributed by atoms with E-state index in [2.05, 4.69) is 31.8 Å². The van der Waals surface area contributed by atoms with Crippen LogP contribution in [-0.2, 0) is 0 Å². The number of H-pyrrole nitrogens is 2. The number of hydrogen-bond acceptors (Lipinski definition) is 7. The quantitative estimate of drug-likeness (QED) is 0.342. The highest BCUT2D eigenvalue weighted by molar-refractivity contribution is 5.99. The van der Waals surface area contributed by atoms with Gasteiger partial charge in [0.05, 0.1) is 27.2 Å². The molecule has 10 heteroatoms. The van der Waals surface area contributed by atoms with E-state index in [1.54, 1.807) is 0 Å². The first-order chi connectivity index (χ1) is 14.9. The number of non-ortho nitro benzene ring substituents is 1. The minimum Gasteiger partial charge on any atom is -0.397 e. The number of anilines is 2. The van der Waals surface area contributed by atoms with Gasteiger partial charge < -0.3 is 25.5 Å². The molecule has 5 rings (SSSR count). The molecule has 4 N–H and O–H groups in total. The van der Waals surface area contributed by atoms with Gasteiger partial charge in [0, 0.05) is 49.4 Å². The molecule has 1 aliphatic heterocycles. The highest BCUT2D eigenvalue weighted by Gasteiger charge is 2.19. The molecule has 0 radical (unpaired) electrons. The van der Waals surface area contributed by atoms with Crippen molar-refractivity contribution in [3.05, 3.63) is 56.9 Å². The average molecular weight is 419 g/mol. The molecule has 1 aliphatic rings. The summed E-state index contributed by atoms with van der Waals surface area (Å²) in [6.07, 6.45) is 0. The standard InChI is InChI=1S/C21H21N7O3/c1-26-6-8-27(9-7-26)12-2-5-16-17(11-12)24-20(23-16)18-19(22)14-10-13(28(30)31)3-4-15(14)25-21(18)29/h2-5,10-11H,6-9H2,1H3,(H,23,24)(H3,22,25,29). The van der Waals surface area contributed by atoms with Crippen molar-refractivity contribution < 1.29 is 4.92 Å². The number of pyridine rings is 1. The highest BCUT2D eigenvalue weighted by Crippen LogP contribution is 2.31. The zero-order valence-corrected chi connectivity index (χ0v) is 16.9. The van der Waals surface area contributed by atoms with Crippen molar-refractivity contribution in [2.75, 3.05) is 43.9 Å². The van der Waals surface area contributed by atoms with Gasteiger partial charge in [-0.3, -0.25) is 14.9 Å². The summed E-state index contributed by atoms with van der Waals surface area (Å²) in [5.41, 5.74) is 9.14. The Labute approximate surface area is 176 Å². The van der Waals surface area contributed by atoms with E-state index in [-0.39, 0.29) is 16.9 Å². The average Bonchev–Trinajstić information content (AvgIpc) is 3.16. The maximum atomic E-state index is 12.8. The lowest BCUT2D eigenvalue weighted by Crippen LogP contribution is -2.44. The number of nitrogens with one attached hydrogen (secondary N) is 2. The van der Waals surface area contributed by atoms with Crippen LogP contribution >= 0.6 is 0 Å². The van der Waals surface area contributed by atoms with Crippen LogP contribution in [0.3, 0.4) is 0 Å². The van der Waals surface area contributed by atoms with E-state index in [1.807, 2.05) is 18.2 Å². The van der Waals surface area contributed by atoms with E-state index in [1.165, 1.54) is 18.2 Å². The molecule has 0 saturated carbocycles. The largest absolute Gasteiger partial charge is 0.397 e. The number of rotatable bonds is 3. The third-order valence-corrected chi connectivity index (χ3v) is 5.82. The van der Waals surface area contributed by atoms with Gasteiger partial charge in [-0.25, -0.2) is 4.98 Å². The molecular formula is C21H21N7O3. The number of nitrogens with two attached hydrogens (primary N) is 1. The molecule has 4 aromatic rings. The maximum absolute atomic E-state index is 12.8. The summed E-state index contributed by atoms with van der Waals surface area (Å²) in [7, 11) is 2.11. The maximum Gasteiger partial charge on any atom is 0.270 e. The van der Waals surface area contributed by atoms with Gasteiger partial charge in [0.15, 0.2) is 0 Å². The van der Waals surface area contributed by atoms with Crippen LogP contribution in [-0.4, -0.2) is 58.0 Å². The van der Waals surface area contributed by atoms with Crippen molar-refractivity contribution in [1.82, 2.24) is 19.9 Å². The first-order valence-electron chi connectivity index (χ1n) is 9.94. The zero-order valence-electron chi connectivity index (χ0n) is 16.9. The number of benzene rings is 2. The molecule has 0 amide bonds. The number of likely N-dealkylation sites (N-methyl/N-ethyl adjacent to an activating group) is 1. The summed E-state index contributed by atoms with van der Waals surface area (Å²) in [6, 6.07) is 10.1. The second kappa shape index (κ2) is 7.10. The minimum absolute atomic E-state index is 0.0985. The van der Waals surface area contributed by atoms with E-state index < -0.39 is 10.5 Å². The van der Waals surface area contributed by atoms with Crippen molar-refractivity contribution in [3.63, 3.8) is 0 Å².